The van der Waals surface area contributed by atoms with Gasteiger partial charge in [0.15, 0.2) is 23.0 Å². The van der Waals surface area contributed by atoms with Gasteiger partial charge in [-0.25, -0.2) is 0 Å². The Kier molecular flexibility index (Phi) is 8.47. The predicted octanol–water partition coefficient (Wildman–Crippen LogP) is 3.65. The van der Waals surface area contributed by atoms with Crippen molar-refractivity contribution in [2.45, 2.75) is 37.8 Å². The van der Waals surface area contributed by atoms with Crippen molar-refractivity contribution >= 4 is 12.4 Å². The van der Waals surface area contributed by atoms with Crippen LogP contribution >= 0.6 is 12.4 Å². The first-order chi connectivity index (χ1) is 19.0. The van der Waals surface area contributed by atoms with E-state index in [4.69, 9.17) is 18.9 Å². The van der Waals surface area contributed by atoms with Crippen molar-refractivity contribution in [2.75, 3.05) is 67.8 Å². The number of ether oxygens (including phenoxy) is 4. The normalized spacial score (nSPS) is 29.4. The van der Waals surface area contributed by atoms with E-state index in [1.54, 1.807) is 28.4 Å². The van der Waals surface area contributed by atoms with Crippen molar-refractivity contribution < 1.29 is 29.2 Å². The fourth-order valence-electron chi connectivity index (χ4n) is 8.29. The Bertz CT molecular complexity index is 1130. The average molecular weight is 575 g/mol. The van der Waals surface area contributed by atoms with Gasteiger partial charge in [0.1, 0.15) is 0 Å². The lowest BCUT2D eigenvalue weighted by molar-refractivity contribution is -0.135. The number of rotatable bonds is 6. The number of methoxy groups -OCH3 is 4. The van der Waals surface area contributed by atoms with Gasteiger partial charge in [-0.1, -0.05) is 0 Å². The van der Waals surface area contributed by atoms with Crippen molar-refractivity contribution in [3.63, 3.8) is 0 Å². The molecule has 0 saturated carbocycles. The van der Waals surface area contributed by atoms with Crippen LogP contribution in [-0.2, 0) is 12.8 Å². The SMILES string of the molecule is COc1cc2c(cc1OC)C1CC3(CC4c5cc(OC)c(OC)cc5CCN4CC3CO)C(CO)CN1CC2.Cl. The molecule has 9 heteroatoms. The molecule has 6 rings (SSSR count). The van der Waals surface area contributed by atoms with E-state index in [1.807, 2.05) is 0 Å². The Balaban J connectivity index is 0.00000323. The second kappa shape index (κ2) is 11.6. The number of halogens is 1. The van der Waals surface area contributed by atoms with Gasteiger partial charge in [0.05, 0.1) is 28.4 Å². The fourth-order valence-corrected chi connectivity index (χ4v) is 8.29. The van der Waals surface area contributed by atoms with Crippen LogP contribution in [0.1, 0.15) is 47.2 Å². The fraction of sp³-hybridized carbons (Fsp3) is 0.613. The van der Waals surface area contributed by atoms with E-state index in [1.165, 1.54) is 22.3 Å². The quantitative estimate of drug-likeness (QED) is 0.541. The molecule has 2 saturated heterocycles. The van der Waals surface area contributed by atoms with Crippen molar-refractivity contribution in [1.29, 1.82) is 0 Å². The Morgan fingerprint density at radius 2 is 1.05 bits per heavy atom. The first-order valence-electron chi connectivity index (χ1n) is 14.2. The average Bonchev–Trinajstić information content (AvgIpc) is 2.98. The summed E-state index contributed by atoms with van der Waals surface area (Å²) in [6.45, 7) is 3.83. The van der Waals surface area contributed by atoms with E-state index in [0.717, 1.165) is 74.9 Å². The molecule has 2 aromatic rings. The van der Waals surface area contributed by atoms with Gasteiger partial charge in [0.2, 0.25) is 0 Å². The number of benzene rings is 2. The molecular weight excluding hydrogens is 532 g/mol. The largest absolute Gasteiger partial charge is 0.493 e. The van der Waals surface area contributed by atoms with E-state index in [9.17, 15) is 10.2 Å². The number of aliphatic hydroxyl groups is 2. The van der Waals surface area contributed by atoms with Gasteiger partial charge >= 0.3 is 0 Å². The summed E-state index contributed by atoms with van der Waals surface area (Å²) in [4.78, 5) is 5.09. The second-order valence-corrected chi connectivity index (χ2v) is 11.7. The second-order valence-electron chi connectivity index (χ2n) is 11.7. The molecule has 4 unspecified atom stereocenters. The molecule has 0 aromatic heterocycles. The van der Waals surface area contributed by atoms with E-state index in [-0.39, 0.29) is 55.0 Å². The van der Waals surface area contributed by atoms with Crippen LogP contribution in [0.4, 0.5) is 0 Å². The maximum atomic E-state index is 10.8. The van der Waals surface area contributed by atoms with Crippen molar-refractivity contribution in [1.82, 2.24) is 9.80 Å². The Labute approximate surface area is 243 Å². The zero-order valence-electron chi connectivity index (χ0n) is 24.0. The monoisotopic (exact) mass is 574 g/mol. The molecular formula is C31H43ClN2O6. The highest BCUT2D eigenvalue weighted by Gasteiger charge is 2.56. The minimum Gasteiger partial charge on any atom is -0.493 e. The molecule has 2 N–H and O–H groups in total. The minimum absolute atomic E-state index is 0. The van der Waals surface area contributed by atoms with Crippen LogP contribution in [-0.4, -0.2) is 87.8 Å². The molecule has 2 aromatic carbocycles. The standard InChI is InChI=1S/C31H42N2O6.ClH/c1-36-27-9-19-5-7-32-15-21(17-34)31(13-25(32)23(19)11-29(27)38-3)14-26-24-12-30(39-4)28(37-2)10-20(24)6-8-33(26)16-22(31)18-35;/h9-12,21-22,25-26,34-35H,5-8,13-18H2,1-4H3;1H. The summed E-state index contributed by atoms with van der Waals surface area (Å²) in [7, 11) is 6.76. The van der Waals surface area contributed by atoms with Crippen molar-refractivity contribution in [3.8, 4) is 23.0 Å². The molecule has 220 valence electrons. The first kappa shape index (κ1) is 29.3. The topological polar surface area (TPSA) is 83.9 Å². The molecule has 2 fully saturated rings. The van der Waals surface area contributed by atoms with Gasteiger partial charge in [-0.2, -0.15) is 0 Å². The number of hydrogen-bond donors (Lipinski definition) is 2. The van der Waals surface area contributed by atoms with Gasteiger partial charge in [0.25, 0.3) is 0 Å². The highest BCUT2D eigenvalue weighted by molar-refractivity contribution is 5.85. The summed E-state index contributed by atoms with van der Waals surface area (Å²) in [6, 6.07) is 9.03. The van der Waals surface area contributed by atoms with E-state index >= 15 is 0 Å². The molecule has 4 aliphatic heterocycles. The van der Waals surface area contributed by atoms with Gasteiger partial charge in [-0.3, -0.25) is 9.80 Å². The number of hydrogen-bond acceptors (Lipinski definition) is 8. The van der Waals surface area contributed by atoms with Gasteiger partial charge in [-0.05, 0) is 77.6 Å². The minimum atomic E-state index is -0.199. The molecule has 4 aliphatic rings. The van der Waals surface area contributed by atoms with Crippen LogP contribution in [0.15, 0.2) is 24.3 Å². The summed E-state index contributed by atoms with van der Waals surface area (Å²) >= 11 is 0. The zero-order valence-corrected chi connectivity index (χ0v) is 24.8. The molecule has 0 bridgehead atoms. The third-order valence-corrected chi connectivity index (χ3v) is 10.4. The zero-order chi connectivity index (χ0) is 27.3. The highest BCUT2D eigenvalue weighted by atomic mass is 35.5. The molecule has 4 heterocycles. The van der Waals surface area contributed by atoms with Crippen LogP contribution in [0.2, 0.25) is 0 Å². The maximum Gasteiger partial charge on any atom is 0.161 e. The predicted molar refractivity (Wildman–Crippen MR) is 155 cm³/mol. The van der Waals surface area contributed by atoms with Gasteiger partial charge in [-0.15, -0.1) is 12.4 Å². The highest BCUT2D eigenvalue weighted by Crippen LogP contribution is 2.59. The van der Waals surface area contributed by atoms with Crippen LogP contribution in [0, 0.1) is 17.3 Å². The summed E-state index contributed by atoms with van der Waals surface area (Å²) in [5.41, 5.74) is 5.01. The summed E-state index contributed by atoms with van der Waals surface area (Å²) in [5, 5.41) is 21.6. The summed E-state index contributed by atoms with van der Waals surface area (Å²) < 4.78 is 22.6. The van der Waals surface area contributed by atoms with Crippen LogP contribution in [0.5, 0.6) is 23.0 Å². The third-order valence-electron chi connectivity index (χ3n) is 10.4. The summed E-state index contributed by atoms with van der Waals surface area (Å²) in [5.74, 6) is 3.25. The molecule has 8 nitrogen and oxygen atoms in total. The van der Waals surface area contributed by atoms with E-state index < -0.39 is 0 Å². The van der Waals surface area contributed by atoms with Gasteiger partial charge in [0, 0.05) is 63.3 Å². The molecule has 0 amide bonds. The first-order valence-corrected chi connectivity index (χ1v) is 14.2. The number of piperidine rings is 2. The van der Waals surface area contributed by atoms with Crippen LogP contribution in [0.25, 0.3) is 0 Å². The molecule has 4 atom stereocenters. The Hall–Kier alpha value is -2.23. The maximum absolute atomic E-state index is 10.8. The lowest BCUT2D eigenvalue weighted by Gasteiger charge is -2.61. The number of aliphatic hydroxyl groups excluding tert-OH is 2. The lowest BCUT2D eigenvalue weighted by Crippen LogP contribution is -2.61. The van der Waals surface area contributed by atoms with Crippen LogP contribution < -0.4 is 18.9 Å². The Morgan fingerprint density at radius 1 is 0.675 bits per heavy atom. The lowest BCUT2D eigenvalue weighted by atomic mass is 9.54. The Morgan fingerprint density at radius 3 is 1.40 bits per heavy atom. The number of fused-ring (bicyclic) bond motifs is 6. The van der Waals surface area contributed by atoms with Crippen molar-refractivity contribution in [2.24, 2.45) is 17.3 Å². The molecule has 0 aliphatic carbocycles. The van der Waals surface area contributed by atoms with E-state index in [0.29, 0.717) is 0 Å². The van der Waals surface area contributed by atoms with E-state index in [2.05, 4.69) is 34.1 Å². The third kappa shape index (κ3) is 4.52. The number of nitrogens with zero attached hydrogens (tertiary/aromatic N) is 2. The van der Waals surface area contributed by atoms with Gasteiger partial charge < -0.3 is 29.2 Å². The summed E-state index contributed by atoms with van der Waals surface area (Å²) in [6.07, 6.45) is 3.70. The smallest absolute Gasteiger partial charge is 0.161 e. The van der Waals surface area contributed by atoms with Crippen LogP contribution in [0.3, 0.4) is 0 Å². The molecule has 0 radical (unpaired) electrons. The van der Waals surface area contributed by atoms with Crippen molar-refractivity contribution in [3.05, 3.63) is 46.5 Å². The molecule has 1 spiro atoms. The molecule has 40 heavy (non-hydrogen) atoms.